The molecule has 1 aromatic heterocycles. The molecule has 21 heavy (non-hydrogen) atoms. The molecule has 2 aromatic rings. The Kier molecular flexibility index (Phi) is 4.56. The number of aromatic amines is 1. The number of H-pyrrole nitrogens is 1. The summed E-state index contributed by atoms with van der Waals surface area (Å²) in [6.07, 6.45) is 3.52. The van der Waals surface area contributed by atoms with Crippen LogP contribution in [-0.4, -0.2) is 23.2 Å². The number of nitrogens with one attached hydrogen (secondary N) is 2. The van der Waals surface area contributed by atoms with Crippen LogP contribution in [0.4, 0.5) is 4.79 Å². The van der Waals surface area contributed by atoms with Crippen LogP contribution < -0.4 is 5.32 Å². The summed E-state index contributed by atoms with van der Waals surface area (Å²) < 4.78 is 5.20. The zero-order chi connectivity index (χ0) is 15.5. The van der Waals surface area contributed by atoms with Crippen molar-refractivity contribution in [1.29, 1.82) is 0 Å². The van der Waals surface area contributed by atoms with E-state index in [2.05, 4.69) is 41.6 Å². The number of hydrogen-bond acceptors (Lipinski definition) is 2. The highest BCUT2D eigenvalue weighted by Crippen LogP contribution is 2.20. The molecule has 0 unspecified atom stereocenters. The first-order valence-electron chi connectivity index (χ1n) is 7.38. The lowest BCUT2D eigenvalue weighted by Crippen LogP contribution is -2.33. The van der Waals surface area contributed by atoms with Crippen LogP contribution in [0.25, 0.3) is 10.9 Å². The molecule has 0 spiro atoms. The number of carbonyl (C=O) groups excluding carboxylic acids is 1. The number of aryl methyl sites for hydroxylation is 2. The Bertz CT molecular complexity index is 623. The number of ether oxygens (including phenoxy) is 1. The SMILES string of the molecule is Cc1ccc2c(CCCNC(=O)OC(C)(C)C)c[nH]c2c1. The third kappa shape index (κ3) is 4.52. The highest BCUT2D eigenvalue weighted by Gasteiger charge is 2.15. The zero-order valence-corrected chi connectivity index (χ0v) is 13.2. The van der Waals surface area contributed by atoms with Gasteiger partial charge in [0.1, 0.15) is 5.60 Å². The number of hydrogen-bond donors (Lipinski definition) is 2. The van der Waals surface area contributed by atoms with E-state index >= 15 is 0 Å². The Hall–Kier alpha value is -1.97. The van der Waals surface area contributed by atoms with Gasteiger partial charge in [0.2, 0.25) is 0 Å². The van der Waals surface area contributed by atoms with E-state index in [1.54, 1.807) is 0 Å². The van der Waals surface area contributed by atoms with Crippen molar-refractivity contribution in [3.8, 4) is 0 Å². The maximum absolute atomic E-state index is 11.5. The van der Waals surface area contributed by atoms with Crippen molar-refractivity contribution in [3.05, 3.63) is 35.5 Å². The Balaban J connectivity index is 1.82. The second kappa shape index (κ2) is 6.20. The molecule has 4 heteroatoms. The second-order valence-electron chi connectivity index (χ2n) is 6.40. The third-order valence-electron chi connectivity index (χ3n) is 3.21. The largest absolute Gasteiger partial charge is 0.444 e. The van der Waals surface area contributed by atoms with Crippen molar-refractivity contribution >= 4 is 17.0 Å². The predicted molar refractivity (Wildman–Crippen MR) is 85.6 cm³/mol. The van der Waals surface area contributed by atoms with Crippen molar-refractivity contribution in [2.45, 2.75) is 46.1 Å². The molecule has 0 atom stereocenters. The van der Waals surface area contributed by atoms with E-state index < -0.39 is 5.60 Å². The monoisotopic (exact) mass is 288 g/mol. The van der Waals surface area contributed by atoms with E-state index in [0.717, 1.165) is 12.8 Å². The van der Waals surface area contributed by atoms with Gasteiger partial charge in [0.25, 0.3) is 0 Å². The number of fused-ring (bicyclic) bond motifs is 1. The molecule has 2 rings (SSSR count). The van der Waals surface area contributed by atoms with Gasteiger partial charge in [0.15, 0.2) is 0 Å². The van der Waals surface area contributed by atoms with E-state index in [4.69, 9.17) is 4.74 Å². The van der Waals surface area contributed by atoms with Crippen LogP contribution in [0.2, 0.25) is 0 Å². The molecule has 1 aromatic carbocycles. The number of carbonyl (C=O) groups is 1. The summed E-state index contributed by atoms with van der Waals surface area (Å²) in [4.78, 5) is 14.8. The molecule has 0 saturated carbocycles. The van der Waals surface area contributed by atoms with Crippen molar-refractivity contribution in [2.75, 3.05) is 6.54 Å². The van der Waals surface area contributed by atoms with Crippen LogP contribution in [0.3, 0.4) is 0 Å². The topological polar surface area (TPSA) is 54.1 Å². The van der Waals surface area contributed by atoms with Gasteiger partial charge >= 0.3 is 6.09 Å². The average Bonchev–Trinajstić information content (AvgIpc) is 2.75. The first-order valence-corrected chi connectivity index (χ1v) is 7.38. The minimum absolute atomic E-state index is 0.350. The zero-order valence-electron chi connectivity index (χ0n) is 13.2. The quantitative estimate of drug-likeness (QED) is 0.837. The minimum Gasteiger partial charge on any atom is -0.444 e. The van der Waals surface area contributed by atoms with E-state index in [-0.39, 0.29) is 6.09 Å². The number of rotatable bonds is 4. The number of benzene rings is 1. The van der Waals surface area contributed by atoms with Crippen LogP contribution in [0, 0.1) is 6.92 Å². The highest BCUT2D eigenvalue weighted by molar-refractivity contribution is 5.83. The first kappa shape index (κ1) is 15.4. The fraction of sp³-hybridized carbons (Fsp3) is 0.471. The molecule has 0 aliphatic carbocycles. The smallest absolute Gasteiger partial charge is 0.407 e. The van der Waals surface area contributed by atoms with Gasteiger partial charge in [-0.15, -0.1) is 0 Å². The van der Waals surface area contributed by atoms with E-state index in [0.29, 0.717) is 6.54 Å². The highest BCUT2D eigenvalue weighted by atomic mass is 16.6. The van der Waals surface area contributed by atoms with Crippen molar-refractivity contribution in [3.63, 3.8) is 0 Å². The second-order valence-corrected chi connectivity index (χ2v) is 6.40. The van der Waals surface area contributed by atoms with Crippen molar-refractivity contribution in [2.24, 2.45) is 0 Å². The number of aromatic nitrogens is 1. The van der Waals surface area contributed by atoms with E-state index in [1.165, 1.54) is 22.0 Å². The summed E-state index contributed by atoms with van der Waals surface area (Å²) in [5, 5.41) is 4.05. The van der Waals surface area contributed by atoms with Gasteiger partial charge in [-0.3, -0.25) is 0 Å². The molecule has 0 saturated heterocycles. The molecule has 0 aliphatic heterocycles. The molecule has 1 amide bonds. The normalized spacial score (nSPS) is 11.6. The maximum atomic E-state index is 11.5. The molecule has 2 N–H and O–H groups in total. The fourth-order valence-electron chi connectivity index (χ4n) is 2.29. The standard InChI is InChI=1S/C17H24N2O2/c1-12-7-8-14-13(11-19-15(14)10-12)6-5-9-18-16(20)21-17(2,3)4/h7-8,10-11,19H,5-6,9H2,1-4H3,(H,18,20). The van der Waals surface area contributed by atoms with Gasteiger partial charge in [-0.2, -0.15) is 0 Å². The molecule has 1 heterocycles. The van der Waals surface area contributed by atoms with Crippen LogP contribution in [0.5, 0.6) is 0 Å². The molecule has 0 aliphatic rings. The fourth-order valence-corrected chi connectivity index (χ4v) is 2.29. The van der Waals surface area contributed by atoms with Gasteiger partial charge in [0.05, 0.1) is 0 Å². The van der Waals surface area contributed by atoms with Crippen LogP contribution >= 0.6 is 0 Å². The minimum atomic E-state index is -0.446. The Labute approximate surface area is 125 Å². The van der Waals surface area contributed by atoms with Gasteiger partial charge < -0.3 is 15.0 Å². The van der Waals surface area contributed by atoms with E-state index in [1.807, 2.05) is 20.8 Å². The first-order chi connectivity index (χ1) is 9.85. The summed E-state index contributed by atoms with van der Waals surface area (Å²) in [6, 6.07) is 6.42. The van der Waals surface area contributed by atoms with Gasteiger partial charge in [-0.05, 0) is 57.7 Å². The van der Waals surface area contributed by atoms with E-state index in [9.17, 15) is 4.79 Å². The Morgan fingerprint density at radius 3 is 2.81 bits per heavy atom. The van der Waals surface area contributed by atoms with Crippen molar-refractivity contribution in [1.82, 2.24) is 10.3 Å². The lowest BCUT2D eigenvalue weighted by molar-refractivity contribution is 0.0527. The summed E-state index contributed by atoms with van der Waals surface area (Å²) >= 11 is 0. The van der Waals surface area contributed by atoms with Crippen LogP contribution in [0.1, 0.15) is 38.3 Å². The van der Waals surface area contributed by atoms with Gasteiger partial charge in [-0.1, -0.05) is 12.1 Å². The van der Waals surface area contributed by atoms with Crippen LogP contribution in [0.15, 0.2) is 24.4 Å². The Morgan fingerprint density at radius 1 is 1.33 bits per heavy atom. The number of amides is 1. The summed E-state index contributed by atoms with van der Waals surface area (Å²) in [7, 11) is 0. The maximum Gasteiger partial charge on any atom is 0.407 e. The number of alkyl carbamates (subject to hydrolysis) is 1. The van der Waals surface area contributed by atoms with Gasteiger partial charge in [-0.25, -0.2) is 4.79 Å². The molecule has 0 radical (unpaired) electrons. The lowest BCUT2D eigenvalue weighted by atomic mass is 10.1. The summed E-state index contributed by atoms with van der Waals surface area (Å²) in [5.74, 6) is 0. The van der Waals surface area contributed by atoms with Crippen LogP contribution in [-0.2, 0) is 11.2 Å². The summed E-state index contributed by atoms with van der Waals surface area (Å²) in [6.45, 7) is 8.29. The third-order valence-corrected chi connectivity index (χ3v) is 3.21. The molecule has 114 valence electrons. The Morgan fingerprint density at radius 2 is 2.10 bits per heavy atom. The molecule has 0 fully saturated rings. The molecular formula is C17H24N2O2. The lowest BCUT2D eigenvalue weighted by Gasteiger charge is -2.19. The van der Waals surface area contributed by atoms with Gasteiger partial charge in [0, 0.05) is 23.6 Å². The molecular weight excluding hydrogens is 264 g/mol. The molecule has 0 bridgehead atoms. The van der Waals surface area contributed by atoms with Crippen molar-refractivity contribution < 1.29 is 9.53 Å². The predicted octanol–water partition coefficient (Wildman–Crippen LogP) is 3.93. The molecule has 4 nitrogen and oxygen atoms in total. The summed E-state index contributed by atoms with van der Waals surface area (Å²) in [5.41, 5.74) is 3.27. The average molecular weight is 288 g/mol.